The smallest absolute Gasteiger partial charge is 0.0998 e. The standard InChI is InChI=1S/C14H10ClNS/c1-10-5-6-17-14(10)8-12(9-16)11-3-2-4-13(15)7-11/h2-8H,1H3/b12-8-. The Morgan fingerprint density at radius 1 is 1.41 bits per heavy atom. The van der Waals surface area contributed by atoms with Crippen LogP contribution in [0.15, 0.2) is 35.7 Å². The minimum Gasteiger partial charge on any atom is -0.192 e. The lowest BCUT2D eigenvalue weighted by atomic mass is 10.1. The van der Waals surface area contributed by atoms with Crippen molar-refractivity contribution in [1.82, 2.24) is 0 Å². The molecule has 1 nitrogen and oxygen atoms in total. The van der Waals surface area contributed by atoms with Gasteiger partial charge in [-0.2, -0.15) is 5.26 Å². The summed E-state index contributed by atoms with van der Waals surface area (Å²) in [5.74, 6) is 0. The molecular weight excluding hydrogens is 250 g/mol. The highest BCUT2D eigenvalue weighted by Gasteiger charge is 2.03. The Kier molecular flexibility index (Phi) is 3.63. The average Bonchev–Trinajstić information content (AvgIpc) is 2.71. The van der Waals surface area contributed by atoms with E-state index in [1.165, 1.54) is 5.56 Å². The first-order valence-corrected chi connectivity index (χ1v) is 6.38. The van der Waals surface area contributed by atoms with Crippen LogP contribution in [0.4, 0.5) is 0 Å². The first-order valence-electron chi connectivity index (χ1n) is 5.12. The number of nitrogens with zero attached hydrogens (tertiary/aromatic N) is 1. The van der Waals surface area contributed by atoms with Crippen LogP contribution in [-0.4, -0.2) is 0 Å². The molecule has 0 saturated heterocycles. The summed E-state index contributed by atoms with van der Waals surface area (Å²) in [5, 5.41) is 11.9. The predicted octanol–water partition coefficient (Wildman–Crippen LogP) is 4.77. The highest BCUT2D eigenvalue weighted by molar-refractivity contribution is 7.11. The zero-order chi connectivity index (χ0) is 12.3. The van der Waals surface area contributed by atoms with Crippen LogP contribution in [0, 0.1) is 18.3 Å². The molecule has 0 atom stereocenters. The summed E-state index contributed by atoms with van der Waals surface area (Å²) in [7, 11) is 0. The molecule has 0 N–H and O–H groups in total. The number of aryl methyl sites for hydroxylation is 1. The van der Waals surface area contributed by atoms with Crippen molar-refractivity contribution in [3.05, 3.63) is 56.7 Å². The second-order valence-corrected chi connectivity index (χ2v) is 5.03. The van der Waals surface area contributed by atoms with Crippen LogP contribution in [0.1, 0.15) is 16.0 Å². The molecule has 0 saturated carbocycles. The first kappa shape index (κ1) is 11.9. The van der Waals surface area contributed by atoms with E-state index in [1.54, 1.807) is 23.5 Å². The van der Waals surface area contributed by atoms with Gasteiger partial charge in [-0.15, -0.1) is 11.3 Å². The van der Waals surface area contributed by atoms with Crippen molar-refractivity contribution < 1.29 is 0 Å². The van der Waals surface area contributed by atoms with E-state index >= 15 is 0 Å². The van der Waals surface area contributed by atoms with Crippen molar-refractivity contribution in [2.75, 3.05) is 0 Å². The van der Waals surface area contributed by atoms with Crippen molar-refractivity contribution in [2.24, 2.45) is 0 Å². The molecule has 0 fully saturated rings. The summed E-state index contributed by atoms with van der Waals surface area (Å²) in [6, 6.07) is 11.6. The van der Waals surface area contributed by atoms with Crippen LogP contribution in [0.25, 0.3) is 11.6 Å². The number of benzene rings is 1. The molecule has 3 heteroatoms. The quantitative estimate of drug-likeness (QED) is 0.713. The molecule has 1 aromatic heterocycles. The Bertz CT molecular complexity index is 605. The van der Waals surface area contributed by atoms with Gasteiger partial charge in [0, 0.05) is 9.90 Å². The topological polar surface area (TPSA) is 23.8 Å². The largest absolute Gasteiger partial charge is 0.192 e. The number of nitriles is 1. The summed E-state index contributed by atoms with van der Waals surface area (Å²) < 4.78 is 0. The maximum absolute atomic E-state index is 9.20. The summed E-state index contributed by atoms with van der Waals surface area (Å²) in [6.07, 6.45) is 1.91. The predicted molar refractivity (Wildman–Crippen MR) is 74.0 cm³/mol. The average molecular weight is 260 g/mol. The first-order chi connectivity index (χ1) is 8.20. The van der Waals surface area contributed by atoms with Gasteiger partial charge in [-0.05, 0) is 47.7 Å². The molecule has 2 rings (SSSR count). The third kappa shape index (κ3) is 2.76. The van der Waals surface area contributed by atoms with E-state index < -0.39 is 0 Å². The van der Waals surface area contributed by atoms with Crippen molar-refractivity contribution >= 4 is 34.6 Å². The van der Waals surface area contributed by atoms with Gasteiger partial charge in [-0.1, -0.05) is 23.7 Å². The highest BCUT2D eigenvalue weighted by Crippen LogP contribution is 2.24. The number of thiophene rings is 1. The SMILES string of the molecule is Cc1ccsc1/C=C(/C#N)c1cccc(Cl)c1. The van der Waals surface area contributed by atoms with Crippen molar-refractivity contribution in [1.29, 1.82) is 5.26 Å². The Morgan fingerprint density at radius 3 is 2.82 bits per heavy atom. The molecule has 0 aliphatic heterocycles. The number of hydrogen-bond donors (Lipinski definition) is 0. The van der Waals surface area contributed by atoms with Crippen LogP contribution in [0.2, 0.25) is 5.02 Å². The molecule has 0 bridgehead atoms. The van der Waals surface area contributed by atoms with Crippen LogP contribution in [-0.2, 0) is 0 Å². The van der Waals surface area contributed by atoms with Gasteiger partial charge < -0.3 is 0 Å². The minimum atomic E-state index is 0.637. The Hall–Kier alpha value is -1.56. The fraction of sp³-hybridized carbons (Fsp3) is 0.0714. The third-order valence-electron chi connectivity index (χ3n) is 2.43. The lowest BCUT2D eigenvalue weighted by Crippen LogP contribution is -1.81. The van der Waals surface area contributed by atoms with E-state index in [1.807, 2.05) is 36.6 Å². The number of allylic oxidation sites excluding steroid dienone is 1. The van der Waals surface area contributed by atoms with E-state index in [2.05, 4.69) is 6.07 Å². The monoisotopic (exact) mass is 259 g/mol. The Labute approximate surface area is 110 Å². The number of rotatable bonds is 2. The molecule has 0 aliphatic rings. The Morgan fingerprint density at radius 2 is 2.24 bits per heavy atom. The van der Waals surface area contributed by atoms with Gasteiger partial charge in [0.2, 0.25) is 0 Å². The van der Waals surface area contributed by atoms with Crippen molar-refractivity contribution in [2.45, 2.75) is 6.92 Å². The molecular formula is C14H10ClNS. The zero-order valence-electron chi connectivity index (χ0n) is 9.27. The van der Waals surface area contributed by atoms with Crippen molar-refractivity contribution in [3.63, 3.8) is 0 Å². The maximum atomic E-state index is 9.20. The molecule has 2 aromatic rings. The van der Waals surface area contributed by atoms with Gasteiger partial charge in [-0.3, -0.25) is 0 Å². The van der Waals surface area contributed by atoms with Gasteiger partial charge in [0.05, 0.1) is 11.6 Å². The summed E-state index contributed by atoms with van der Waals surface area (Å²) >= 11 is 7.56. The van der Waals surface area contributed by atoms with E-state index in [4.69, 9.17) is 11.6 Å². The number of halogens is 1. The van der Waals surface area contributed by atoms with Crippen LogP contribution in [0.5, 0.6) is 0 Å². The fourth-order valence-electron chi connectivity index (χ4n) is 1.50. The molecule has 0 spiro atoms. The molecule has 0 radical (unpaired) electrons. The second-order valence-electron chi connectivity index (χ2n) is 3.65. The molecule has 1 heterocycles. The van der Waals surface area contributed by atoms with Gasteiger partial charge in [0.15, 0.2) is 0 Å². The molecule has 17 heavy (non-hydrogen) atoms. The van der Waals surface area contributed by atoms with Crippen LogP contribution >= 0.6 is 22.9 Å². The van der Waals surface area contributed by atoms with E-state index in [9.17, 15) is 5.26 Å². The normalized spacial score (nSPS) is 11.2. The van der Waals surface area contributed by atoms with E-state index in [-0.39, 0.29) is 0 Å². The zero-order valence-corrected chi connectivity index (χ0v) is 10.8. The lowest BCUT2D eigenvalue weighted by Gasteiger charge is -1.99. The molecule has 0 amide bonds. The van der Waals surface area contributed by atoms with Gasteiger partial charge >= 0.3 is 0 Å². The van der Waals surface area contributed by atoms with Gasteiger partial charge in [0.25, 0.3) is 0 Å². The maximum Gasteiger partial charge on any atom is 0.0998 e. The summed E-state index contributed by atoms with van der Waals surface area (Å²) in [6.45, 7) is 2.04. The lowest BCUT2D eigenvalue weighted by molar-refractivity contribution is 1.51. The molecule has 0 aliphatic carbocycles. The van der Waals surface area contributed by atoms with Crippen LogP contribution in [0.3, 0.4) is 0 Å². The van der Waals surface area contributed by atoms with Crippen molar-refractivity contribution in [3.8, 4) is 6.07 Å². The molecule has 0 unspecified atom stereocenters. The summed E-state index contributed by atoms with van der Waals surface area (Å²) in [5.41, 5.74) is 2.68. The highest BCUT2D eigenvalue weighted by atomic mass is 35.5. The van der Waals surface area contributed by atoms with Crippen LogP contribution < -0.4 is 0 Å². The Balaban J connectivity index is 2.45. The van der Waals surface area contributed by atoms with Gasteiger partial charge in [0.1, 0.15) is 0 Å². The second kappa shape index (κ2) is 5.18. The van der Waals surface area contributed by atoms with E-state index in [0.29, 0.717) is 10.6 Å². The number of hydrogen-bond acceptors (Lipinski definition) is 2. The minimum absolute atomic E-state index is 0.637. The molecule has 1 aromatic carbocycles. The third-order valence-corrected chi connectivity index (χ3v) is 3.63. The summed E-state index contributed by atoms with van der Waals surface area (Å²) in [4.78, 5) is 1.11. The van der Waals surface area contributed by atoms with E-state index in [0.717, 1.165) is 10.4 Å². The van der Waals surface area contributed by atoms with Gasteiger partial charge in [-0.25, -0.2) is 0 Å². The fourth-order valence-corrected chi connectivity index (χ4v) is 2.55. The molecule has 84 valence electrons.